The monoisotopic (exact) mass is 263 g/mol. The molecule has 1 atom stereocenters. The maximum Gasteiger partial charge on any atom is 0.354 e. The number of hydrogen-bond acceptors (Lipinski definition) is 4. The summed E-state index contributed by atoms with van der Waals surface area (Å²) in [4.78, 5) is 28.5. The van der Waals surface area contributed by atoms with E-state index in [1.807, 2.05) is 7.05 Å². The van der Waals surface area contributed by atoms with Crippen LogP contribution in [0.15, 0.2) is 18.3 Å². The lowest BCUT2D eigenvalue weighted by Crippen LogP contribution is -2.31. The zero-order chi connectivity index (χ0) is 13.8. The van der Waals surface area contributed by atoms with Gasteiger partial charge in [0.1, 0.15) is 5.69 Å². The highest BCUT2D eigenvalue weighted by Gasteiger charge is 2.25. The Morgan fingerprint density at radius 1 is 1.53 bits per heavy atom. The number of carbonyl (C=O) groups excluding carboxylic acids is 1. The third-order valence-corrected chi connectivity index (χ3v) is 3.27. The molecule has 6 heteroatoms. The number of aromatic nitrogens is 1. The number of rotatable bonds is 4. The van der Waals surface area contributed by atoms with Gasteiger partial charge in [-0.15, -0.1) is 0 Å². The minimum Gasteiger partial charge on any atom is -0.477 e. The molecule has 1 aromatic rings. The van der Waals surface area contributed by atoms with E-state index in [4.69, 9.17) is 5.11 Å². The van der Waals surface area contributed by atoms with Crippen LogP contribution >= 0.6 is 0 Å². The van der Waals surface area contributed by atoms with Crippen molar-refractivity contribution in [1.82, 2.24) is 15.2 Å². The smallest absolute Gasteiger partial charge is 0.354 e. The molecule has 1 aromatic heterocycles. The molecular formula is C13H17N3O3. The van der Waals surface area contributed by atoms with Gasteiger partial charge in [0.05, 0.1) is 5.92 Å². The Kier molecular flexibility index (Phi) is 4.11. The van der Waals surface area contributed by atoms with Crippen LogP contribution in [0.5, 0.6) is 0 Å². The minimum atomic E-state index is -1.05. The Balaban J connectivity index is 1.85. The van der Waals surface area contributed by atoms with Crippen molar-refractivity contribution in [2.45, 2.75) is 13.0 Å². The number of aromatic carboxylic acids is 1. The van der Waals surface area contributed by atoms with Crippen LogP contribution in [-0.4, -0.2) is 47.0 Å². The summed E-state index contributed by atoms with van der Waals surface area (Å²) >= 11 is 0. The number of nitrogens with one attached hydrogen (secondary N) is 1. The number of likely N-dealkylation sites (tertiary alicyclic amines) is 1. The van der Waals surface area contributed by atoms with Gasteiger partial charge in [-0.1, -0.05) is 6.07 Å². The fourth-order valence-electron chi connectivity index (χ4n) is 2.14. The molecule has 0 spiro atoms. The van der Waals surface area contributed by atoms with Crippen molar-refractivity contribution in [2.24, 2.45) is 5.92 Å². The van der Waals surface area contributed by atoms with Crippen molar-refractivity contribution in [3.05, 3.63) is 29.6 Å². The van der Waals surface area contributed by atoms with Crippen molar-refractivity contribution in [1.29, 1.82) is 0 Å². The zero-order valence-corrected chi connectivity index (χ0v) is 10.8. The van der Waals surface area contributed by atoms with Gasteiger partial charge in [0.15, 0.2) is 0 Å². The van der Waals surface area contributed by atoms with E-state index < -0.39 is 5.97 Å². The number of carboxylic acid groups (broad SMARTS) is 1. The van der Waals surface area contributed by atoms with Crippen LogP contribution in [0.4, 0.5) is 0 Å². The third-order valence-electron chi connectivity index (χ3n) is 3.27. The molecule has 1 fully saturated rings. The molecule has 0 radical (unpaired) electrons. The lowest BCUT2D eigenvalue weighted by molar-refractivity contribution is -0.124. The van der Waals surface area contributed by atoms with E-state index in [2.05, 4.69) is 15.2 Å². The van der Waals surface area contributed by atoms with E-state index in [1.54, 1.807) is 6.07 Å². The Labute approximate surface area is 111 Å². The second-order valence-corrected chi connectivity index (χ2v) is 4.82. The molecule has 2 heterocycles. The minimum absolute atomic E-state index is 0.00694. The van der Waals surface area contributed by atoms with Gasteiger partial charge in [0, 0.05) is 19.3 Å². The Bertz CT molecular complexity index is 473. The first kappa shape index (κ1) is 13.5. The Hall–Kier alpha value is -1.95. The molecule has 0 saturated carbocycles. The normalized spacial score (nSPS) is 19.3. The average molecular weight is 263 g/mol. The first-order valence-corrected chi connectivity index (χ1v) is 6.20. The number of nitrogens with zero attached hydrogens (tertiary/aromatic N) is 2. The molecule has 6 nitrogen and oxygen atoms in total. The van der Waals surface area contributed by atoms with Gasteiger partial charge in [-0.3, -0.25) is 4.79 Å². The predicted molar refractivity (Wildman–Crippen MR) is 68.6 cm³/mol. The van der Waals surface area contributed by atoms with Gasteiger partial charge < -0.3 is 15.3 Å². The van der Waals surface area contributed by atoms with Crippen molar-refractivity contribution in [2.75, 3.05) is 20.1 Å². The average Bonchev–Trinajstić information content (AvgIpc) is 2.83. The van der Waals surface area contributed by atoms with Crippen LogP contribution < -0.4 is 5.32 Å². The molecule has 2 N–H and O–H groups in total. The Morgan fingerprint density at radius 2 is 2.32 bits per heavy atom. The first-order chi connectivity index (χ1) is 9.06. The standard InChI is InChI=1S/C13H17N3O3/c1-16-5-4-10(8-16)12(17)15-7-9-2-3-11(13(18)19)14-6-9/h2-3,6,10H,4-5,7-8H2,1H3,(H,15,17)(H,18,19). The molecule has 0 aliphatic carbocycles. The fourth-order valence-corrected chi connectivity index (χ4v) is 2.14. The molecule has 1 amide bonds. The van der Waals surface area contributed by atoms with E-state index in [0.717, 1.165) is 25.1 Å². The maximum atomic E-state index is 11.9. The molecule has 0 aromatic carbocycles. The summed E-state index contributed by atoms with van der Waals surface area (Å²) in [5, 5.41) is 11.6. The van der Waals surface area contributed by atoms with E-state index in [-0.39, 0.29) is 17.5 Å². The van der Waals surface area contributed by atoms with Gasteiger partial charge in [0.25, 0.3) is 0 Å². The molecule has 1 saturated heterocycles. The third kappa shape index (κ3) is 3.51. The van der Waals surface area contributed by atoms with Crippen LogP contribution in [0.3, 0.4) is 0 Å². The lowest BCUT2D eigenvalue weighted by atomic mass is 10.1. The summed E-state index contributed by atoms with van der Waals surface area (Å²) in [6, 6.07) is 3.10. The van der Waals surface area contributed by atoms with E-state index >= 15 is 0 Å². The van der Waals surface area contributed by atoms with Crippen molar-refractivity contribution in [3.63, 3.8) is 0 Å². The van der Waals surface area contributed by atoms with Crippen LogP contribution in [0.25, 0.3) is 0 Å². The van der Waals surface area contributed by atoms with Crippen molar-refractivity contribution >= 4 is 11.9 Å². The largest absolute Gasteiger partial charge is 0.477 e. The number of pyridine rings is 1. The first-order valence-electron chi connectivity index (χ1n) is 6.20. The van der Waals surface area contributed by atoms with Gasteiger partial charge >= 0.3 is 5.97 Å². The SMILES string of the molecule is CN1CCC(C(=O)NCc2ccc(C(=O)O)nc2)C1. The second-order valence-electron chi connectivity index (χ2n) is 4.82. The van der Waals surface area contributed by atoms with Gasteiger partial charge in [-0.25, -0.2) is 9.78 Å². The fraction of sp³-hybridized carbons (Fsp3) is 0.462. The zero-order valence-electron chi connectivity index (χ0n) is 10.8. The molecule has 1 aliphatic heterocycles. The number of carboxylic acids is 1. The topological polar surface area (TPSA) is 82.5 Å². The number of amides is 1. The summed E-state index contributed by atoms with van der Waals surface area (Å²) < 4.78 is 0. The van der Waals surface area contributed by atoms with Crippen LogP contribution in [0.2, 0.25) is 0 Å². The summed E-state index contributed by atoms with van der Waals surface area (Å²) in [6.07, 6.45) is 2.36. The highest BCUT2D eigenvalue weighted by atomic mass is 16.4. The molecule has 102 valence electrons. The summed E-state index contributed by atoms with van der Waals surface area (Å²) in [5.74, 6) is -0.951. The van der Waals surface area contributed by atoms with Crippen LogP contribution in [0, 0.1) is 5.92 Å². The summed E-state index contributed by atoms with van der Waals surface area (Å²) in [6.45, 7) is 2.13. The molecule has 2 rings (SSSR count). The summed E-state index contributed by atoms with van der Waals surface area (Å²) in [5.41, 5.74) is 0.803. The molecule has 1 aliphatic rings. The predicted octanol–water partition coefficient (Wildman–Crippen LogP) is 0.348. The van der Waals surface area contributed by atoms with Crippen LogP contribution in [-0.2, 0) is 11.3 Å². The van der Waals surface area contributed by atoms with E-state index in [1.165, 1.54) is 12.3 Å². The molecular weight excluding hydrogens is 246 g/mol. The van der Waals surface area contributed by atoms with E-state index in [0.29, 0.717) is 6.54 Å². The highest BCUT2D eigenvalue weighted by molar-refractivity contribution is 5.85. The van der Waals surface area contributed by atoms with Gasteiger partial charge in [-0.05, 0) is 31.6 Å². The number of carbonyl (C=O) groups is 2. The maximum absolute atomic E-state index is 11.9. The quantitative estimate of drug-likeness (QED) is 0.819. The van der Waals surface area contributed by atoms with Crippen molar-refractivity contribution in [3.8, 4) is 0 Å². The van der Waals surface area contributed by atoms with Gasteiger partial charge in [-0.2, -0.15) is 0 Å². The molecule has 1 unspecified atom stereocenters. The van der Waals surface area contributed by atoms with Crippen molar-refractivity contribution < 1.29 is 14.7 Å². The molecule has 19 heavy (non-hydrogen) atoms. The lowest BCUT2D eigenvalue weighted by Gasteiger charge is -2.11. The molecule has 0 bridgehead atoms. The second kappa shape index (κ2) is 5.79. The number of hydrogen-bond donors (Lipinski definition) is 2. The van der Waals surface area contributed by atoms with E-state index in [9.17, 15) is 9.59 Å². The Morgan fingerprint density at radius 3 is 2.84 bits per heavy atom. The van der Waals surface area contributed by atoms with Gasteiger partial charge in [0.2, 0.25) is 5.91 Å². The highest BCUT2D eigenvalue weighted by Crippen LogP contribution is 2.14. The van der Waals surface area contributed by atoms with Crippen LogP contribution in [0.1, 0.15) is 22.5 Å². The summed E-state index contributed by atoms with van der Waals surface area (Å²) in [7, 11) is 2.00.